The van der Waals surface area contributed by atoms with Crippen molar-refractivity contribution < 1.29 is 33.3 Å². The van der Waals surface area contributed by atoms with Gasteiger partial charge in [-0.2, -0.15) is 0 Å². The lowest BCUT2D eigenvalue weighted by molar-refractivity contribution is -0.132. The lowest BCUT2D eigenvalue weighted by atomic mass is 9.98. The molecule has 21 heavy (non-hydrogen) atoms. The van der Waals surface area contributed by atoms with E-state index in [1.807, 2.05) is 0 Å². The number of carbonyl (C=O) groups excluding carboxylic acids is 3. The summed E-state index contributed by atoms with van der Waals surface area (Å²) in [6, 6.07) is 2.81. The fourth-order valence-corrected chi connectivity index (χ4v) is 2.35. The number of fused-ring (bicyclic) bond motifs is 3. The summed E-state index contributed by atoms with van der Waals surface area (Å²) in [6.07, 6.45) is -0.463. The first-order chi connectivity index (χ1) is 9.80. The van der Waals surface area contributed by atoms with E-state index in [4.69, 9.17) is 18.9 Å². The maximum absolute atomic E-state index is 12.1. The van der Waals surface area contributed by atoms with Gasteiger partial charge in [-0.25, -0.2) is 4.79 Å². The van der Waals surface area contributed by atoms with Crippen LogP contribution >= 0.6 is 0 Å². The summed E-state index contributed by atoms with van der Waals surface area (Å²) in [7, 11) is 0. The van der Waals surface area contributed by atoms with E-state index >= 15 is 0 Å². The Bertz CT molecular complexity index is 678. The zero-order valence-electron chi connectivity index (χ0n) is 11.6. The largest absolute Gasteiger partial charge is 0.427 e. The van der Waals surface area contributed by atoms with Gasteiger partial charge in [0.1, 0.15) is 17.1 Å². The Morgan fingerprint density at radius 1 is 1.19 bits per heavy atom. The van der Waals surface area contributed by atoms with Crippen LogP contribution in [0.2, 0.25) is 0 Å². The van der Waals surface area contributed by atoms with Crippen LogP contribution in [0, 0.1) is 0 Å². The second kappa shape index (κ2) is 4.29. The first-order valence-electron chi connectivity index (χ1n) is 6.26. The average Bonchev–Trinajstić information content (AvgIpc) is 2.98. The number of esters is 3. The van der Waals surface area contributed by atoms with Crippen molar-refractivity contribution in [2.24, 2.45) is 0 Å². The first kappa shape index (κ1) is 13.6. The van der Waals surface area contributed by atoms with Crippen molar-refractivity contribution in [3.8, 4) is 11.5 Å². The van der Waals surface area contributed by atoms with Gasteiger partial charge in [0, 0.05) is 32.4 Å². The predicted molar refractivity (Wildman–Crippen MR) is 66.7 cm³/mol. The third kappa shape index (κ3) is 2.25. The van der Waals surface area contributed by atoms with E-state index < -0.39 is 29.8 Å². The summed E-state index contributed by atoms with van der Waals surface area (Å²) in [6.45, 7) is 4.08. The lowest BCUT2D eigenvalue weighted by Crippen LogP contribution is -2.25. The van der Waals surface area contributed by atoms with Gasteiger partial charge in [0.2, 0.25) is 5.79 Å². The van der Waals surface area contributed by atoms with Crippen LogP contribution in [-0.2, 0) is 19.1 Å². The molecule has 0 radical (unpaired) electrons. The number of ether oxygens (including phenoxy) is 4. The molecule has 3 rings (SSSR count). The van der Waals surface area contributed by atoms with Crippen molar-refractivity contribution in [2.45, 2.75) is 32.7 Å². The summed E-state index contributed by atoms with van der Waals surface area (Å²) in [4.78, 5) is 34.3. The molecule has 0 spiro atoms. The molecule has 2 aliphatic heterocycles. The molecular formula is C14H12O7. The molecule has 2 atom stereocenters. The van der Waals surface area contributed by atoms with Gasteiger partial charge in [0.05, 0.1) is 0 Å². The van der Waals surface area contributed by atoms with E-state index in [2.05, 4.69) is 0 Å². The lowest BCUT2D eigenvalue weighted by Gasteiger charge is -2.20. The fraction of sp³-hybridized carbons (Fsp3) is 0.357. The van der Waals surface area contributed by atoms with Gasteiger partial charge in [-0.1, -0.05) is 0 Å². The molecule has 7 nitrogen and oxygen atoms in total. The van der Waals surface area contributed by atoms with Crippen LogP contribution in [0.5, 0.6) is 11.5 Å². The van der Waals surface area contributed by atoms with Crippen molar-refractivity contribution >= 4 is 17.9 Å². The molecule has 2 heterocycles. The number of epoxide rings is 1. The number of carbonyl (C=O) groups is 3. The summed E-state index contributed by atoms with van der Waals surface area (Å²) < 4.78 is 20.5. The van der Waals surface area contributed by atoms with Crippen LogP contribution in [0.25, 0.3) is 0 Å². The van der Waals surface area contributed by atoms with Crippen molar-refractivity contribution in [1.82, 2.24) is 0 Å². The highest BCUT2D eigenvalue weighted by Gasteiger charge is 2.62. The minimum Gasteiger partial charge on any atom is -0.427 e. The van der Waals surface area contributed by atoms with Crippen LogP contribution in [0.15, 0.2) is 12.1 Å². The maximum Gasteiger partial charge on any atom is 0.344 e. The van der Waals surface area contributed by atoms with E-state index in [9.17, 15) is 14.4 Å². The monoisotopic (exact) mass is 292 g/mol. The van der Waals surface area contributed by atoms with Crippen molar-refractivity contribution in [2.75, 3.05) is 0 Å². The summed E-state index contributed by atoms with van der Waals surface area (Å²) >= 11 is 0. The normalized spacial score (nSPS) is 25.3. The van der Waals surface area contributed by atoms with Crippen LogP contribution < -0.4 is 9.47 Å². The Hall–Kier alpha value is -2.41. The molecule has 1 aromatic carbocycles. The molecular weight excluding hydrogens is 280 g/mol. The molecule has 2 unspecified atom stereocenters. The second-order valence-electron chi connectivity index (χ2n) is 4.98. The summed E-state index contributed by atoms with van der Waals surface area (Å²) in [5, 5.41) is 0. The van der Waals surface area contributed by atoms with E-state index in [-0.39, 0.29) is 17.1 Å². The molecule has 1 aromatic rings. The van der Waals surface area contributed by atoms with Gasteiger partial charge < -0.3 is 18.9 Å². The Balaban J connectivity index is 2.12. The van der Waals surface area contributed by atoms with Gasteiger partial charge in [-0.15, -0.1) is 0 Å². The molecule has 1 saturated heterocycles. The zero-order chi connectivity index (χ0) is 15.4. The summed E-state index contributed by atoms with van der Waals surface area (Å²) in [5.74, 6) is -2.63. The van der Waals surface area contributed by atoms with Crippen molar-refractivity contribution in [3.63, 3.8) is 0 Å². The van der Waals surface area contributed by atoms with E-state index in [0.717, 1.165) is 0 Å². The van der Waals surface area contributed by atoms with E-state index in [0.29, 0.717) is 5.56 Å². The second-order valence-corrected chi connectivity index (χ2v) is 4.98. The molecule has 0 bridgehead atoms. The molecule has 0 N–H and O–H groups in total. The minimum absolute atomic E-state index is 0.0150. The number of rotatable bonds is 2. The van der Waals surface area contributed by atoms with Crippen molar-refractivity contribution in [3.05, 3.63) is 23.3 Å². The van der Waals surface area contributed by atoms with Crippen LogP contribution in [0.3, 0.4) is 0 Å². The average molecular weight is 292 g/mol. The molecule has 0 amide bonds. The van der Waals surface area contributed by atoms with E-state index in [1.54, 1.807) is 6.92 Å². The third-order valence-electron chi connectivity index (χ3n) is 3.17. The van der Waals surface area contributed by atoms with Crippen LogP contribution in [-0.4, -0.2) is 23.7 Å². The SMILES string of the molecule is CC(=O)Oc1cc(OC(C)=O)c2c(c1)C1OC1(C)OC2=O. The smallest absolute Gasteiger partial charge is 0.344 e. The fourth-order valence-electron chi connectivity index (χ4n) is 2.35. The molecule has 0 saturated carbocycles. The van der Waals surface area contributed by atoms with Gasteiger partial charge in [0.15, 0.2) is 6.10 Å². The van der Waals surface area contributed by atoms with E-state index in [1.165, 1.54) is 26.0 Å². The van der Waals surface area contributed by atoms with Gasteiger partial charge in [-0.05, 0) is 6.07 Å². The highest BCUT2D eigenvalue weighted by atomic mass is 16.8. The van der Waals surface area contributed by atoms with Crippen LogP contribution in [0.4, 0.5) is 0 Å². The standard InChI is InChI=1S/C14H12O7/c1-6(15)18-8-4-9-11(10(5-8)19-7(2)16)13(17)21-14(3)12(9)20-14/h4-5,12H,1-3H3. The zero-order valence-corrected chi connectivity index (χ0v) is 11.6. The van der Waals surface area contributed by atoms with Gasteiger partial charge >= 0.3 is 17.9 Å². The highest BCUT2D eigenvalue weighted by molar-refractivity contribution is 5.97. The molecule has 110 valence electrons. The highest BCUT2D eigenvalue weighted by Crippen LogP contribution is 2.56. The quantitative estimate of drug-likeness (QED) is 0.463. The Morgan fingerprint density at radius 3 is 2.48 bits per heavy atom. The molecule has 1 fully saturated rings. The number of hydrogen-bond acceptors (Lipinski definition) is 7. The first-order valence-corrected chi connectivity index (χ1v) is 6.26. The number of benzene rings is 1. The number of hydrogen-bond donors (Lipinski definition) is 0. The third-order valence-corrected chi connectivity index (χ3v) is 3.17. The molecule has 7 heteroatoms. The predicted octanol–water partition coefficient (Wildman–Crippen LogP) is 1.50. The summed E-state index contributed by atoms with van der Waals surface area (Å²) in [5.41, 5.74) is 0.588. The Labute approximate surface area is 119 Å². The topological polar surface area (TPSA) is 91.4 Å². The Kier molecular flexibility index (Phi) is 2.77. The molecule has 2 aliphatic rings. The minimum atomic E-state index is -1.01. The molecule has 0 aliphatic carbocycles. The maximum atomic E-state index is 12.1. The van der Waals surface area contributed by atoms with Crippen LogP contribution in [0.1, 0.15) is 42.8 Å². The van der Waals surface area contributed by atoms with Gasteiger partial charge in [-0.3, -0.25) is 9.59 Å². The molecule has 0 aromatic heterocycles. The van der Waals surface area contributed by atoms with Crippen molar-refractivity contribution in [1.29, 1.82) is 0 Å². The van der Waals surface area contributed by atoms with Gasteiger partial charge in [0.25, 0.3) is 0 Å². The Morgan fingerprint density at radius 2 is 1.86 bits per heavy atom.